The number of hydrogen-bond acceptors (Lipinski definition) is 5. The van der Waals surface area contributed by atoms with Crippen LogP contribution in [-0.4, -0.2) is 36.6 Å². The Kier molecular flexibility index (Phi) is 4.37. The van der Waals surface area contributed by atoms with Crippen molar-refractivity contribution in [3.63, 3.8) is 0 Å². The van der Waals surface area contributed by atoms with Crippen molar-refractivity contribution in [2.45, 2.75) is 26.9 Å². The number of Topliss-reactive ketones (excluding diaryl/α,β-unsaturated/α-hetero) is 2. The molecular weight excluding hydrogens is 210 g/mol. The third-order valence-electron chi connectivity index (χ3n) is 2.04. The first-order valence-electron chi connectivity index (χ1n) is 5.19. The summed E-state index contributed by atoms with van der Waals surface area (Å²) in [6, 6.07) is 0. The largest absolute Gasteiger partial charge is 0.488 e. The number of carbonyl (C=O) groups is 2. The van der Waals surface area contributed by atoms with Crippen LogP contribution < -0.4 is 0 Å². The smallest absolute Gasteiger partial charge is 0.233 e. The van der Waals surface area contributed by atoms with Crippen LogP contribution in [0.25, 0.3) is 0 Å². The van der Waals surface area contributed by atoms with Crippen molar-refractivity contribution >= 4 is 17.3 Å². The molecule has 0 amide bonds. The fourth-order valence-corrected chi connectivity index (χ4v) is 1.37. The van der Waals surface area contributed by atoms with Gasteiger partial charge in [-0.3, -0.25) is 14.6 Å². The van der Waals surface area contributed by atoms with E-state index in [4.69, 9.17) is 9.47 Å². The predicted octanol–water partition coefficient (Wildman–Crippen LogP) is 0.882. The van der Waals surface area contributed by atoms with Crippen molar-refractivity contribution in [2.24, 2.45) is 4.99 Å². The van der Waals surface area contributed by atoms with Crippen molar-refractivity contribution in [1.29, 1.82) is 0 Å². The lowest BCUT2D eigenvalue weighted by Crippen LogP contribution is -2.40. The Morgan fingerprint density at radius 2 is 2.12 bits per heavy atom. The molecule has 1 aliphatic rings. The van der Waals surface area contributed by atoms with Crippen molar-refractivity contribution < 1.29 is 19.1 Å². The molecule has 0 radical (unpaired) electrons. The third-order valence-corrected chi connectivity index (χ3v) is 2.04. The molecule has 0 fully saturated rings. The molecule has 1 rings (SSSR count). The maximum atomic E-state index is 11.9. The first kappa shape index (κ1) is 12.6. The van der Waals surface area contributed by atoms with Crippen LogP contribution in [0.2, 0.25) is 0 Å². The lowest BCUT2D eigenvalue weighted by atomic mass is 10.0. The van der Waals surface area contributed by atoms with Gasteiger partial charge in [0.25, 0.3) is 0 Å². The minimum atomic E-state index is -0.922. The van der Waals surface area contributed by atoms with Gasteiger partial charge in [-0.2, -0.15) is 0 Å². The van der Waals surface area contributed by atoms with Gasteiger partial charge in [-0.1, -0.05) is 0 Å². The number of rotatable bonds is 5. The summed E-state index contributed by atoms with van der Waals surface area (Å²) in [6.45, 7) is 5.60. The van der Waals surface area contributed by atoms with Gasteiger partial charge in [0.05, 0.1) is 12.8 Å². The molecule has 0 saturated carbocycles. The van der Waals surface area contributed by atoms with E-state index < -0.39 is 6.10 Å². The van der Waals surface area contributed by atoms with Gasteiger partial charge in [-0.05, 0) is 13.8 Å². The van der Waals surface area contributed by atoms with Crippen molar-refractivity contribution in [2.75, 3.05) is 13.2 Å². The van der Waals surface area contributed by atoms with Crippen molar-refractivity contribution in [3.8, 4) is 0 Å². The van der Waals surface area contributed by atoms with E-state index in [1.165, 1.54) is 13.1 Å². The van der Waals surface area contributed by atoms with E-state index in [1.54, 1.807) is 13.8 Å². The van der Waals surface area contributed by atoms with E-state index in [0.717, 1.165) is 0 Å². The van der Waals surface area contributed by atoms with E-state index in [1.807, 2.05) is 0 Å². The summed E-state index contributed by atoms with van der Waals surface area (Å²) < 4.78 is 10.3. The molecule has 0 spiro atoms. The zero-order chi connectivity index (χ0) is 12.1. The summed E-state index contributed by atoms with van der Waals surface area (Å²) >= 11 is 0. The highest BCUT2D eigenvalue weighted by Crippen LogP contribution is 2.14. The maximum absolute atomic E-state index is 11.9. The zero-order valence-corrected chi connectivity index (χ0v) is 9.65. The number of ether oxygens (including phenoxy) is 2. The second-order valence-corrected chi connectivity index (χ2v) is 3.20. The molecule has 0 aromatic heterocycles. The van der Waals surface area contributed by atoms with Crippen LogP contribution >= 0.6 is 0 Å². The monoisotopic (exact) mass is 225 g/mol. The van der Waals surface area contributed by atoms with E-state index in [-0.39, 0.29) is 23.0 Å². The summed E-state index contributed by atoms with van der Waals surface area (Å²) in [4.78, 5) is 27.0. The molecule has 5 nitrogen and oxygen atoms in total. The standard InChI is InChI=1S/C11H15NO4/c1-4-15-8-6-12-9(7(3)13)11(10(8)14)16-5-2/h6,11H,4-5H2,1-3H3. The molecule has 88 valence electrons. The Hall–Kier alpha value is -1.49. The Labute approximate surface area is 94.1 Å². The van der Waals surface area contributed by atoms with Crippen molar-refractivity contribution in [1.82, 2.24) is 0 Å². The molecule has 16 heavy (non-hydrogen) atoms. The van der Waals surface area contributed by atoms with Gasteiger partial charge < -0.3 is 9.47 Å². The van der Waals surface area contributed by atoms with Gasteiger partial charge in [0.2, 0.25) is 5.78 Å². The molecule has 5 heteroatoms. The SMILES string of the molecule is CCOC1=CN=C(C(C)=O)C(OCC)C1=O. The van der Waals surface area contributed by atoms with Gasteiger partial charge in [-0.25, -0.2) is 0 Å². The Morgan fingerprint density at radius 3 is 2.62 bits per heavy atom. The lowest BCUT2D eigenvalue weighted by Gasteiger charge is -2.20. The first-order chi connectivity index (χ1) is 7.61. The van der Waals surface area contributed by atoms with Gasteiger partial charge >= 0.3 is 0 Å². The average molecular weight is 225 g/mol. The van der Waals surface area contributed by atoms with E-state index in [9.17, 15) is 9.59 Å². The fourth-order valence-electron chi connectivity index (χ4n) is 1.37. The van der Waals surface area contributed by atoms with Crippen LogP contribution in [0.5, 0.6) is 0 Å². The quantitative estimate of drug-likeness (QED) is 0.696. The highest BCUT2D eigenvalue weighted by atomic mass is 16.5. The van der Waals surface area contributed by atoms with E-state index in [2.05, 4.69) is 4.99 Å². The summed E-state index contributed by atoms with van der Waals surface area (Å²) in [6.07, 6.45) is 0.354. The number of ketones is 2. The third kappa shape index (κ3) is 2.55. The van der Waals surface area contributed by atoms with Gasteiger partial charge in [0, 0.05) is 13.5 Å². The Morgan fingerprint density at radius 1 is 1.44 bits per heavy atom. The molecule has 1 aliphatic heterocycles. The van der Waals surface area contributed by atoms with E-state index >= 15 is 0 Å². The van der Waals surface area contributed by atoms with Crippen LogP contribution in [0.15, 0.2) is 17.0 Å². The molecule has 1 unspecified atom stereocenters. The highest BCUT2D eigenvalue weighted by molar-refractivity contribution is 6.46. The molecule has 0 N–H and O–H groups in total. The molecule has 0 aromatic rings. The van der Waals surface area contributed by atoms with Crippen LogP contribution in [0, 0.1) is 0 Å². The fraction of sp³-hybridized carbons (Fsp3) is 0.545. The van der Waals surface area contributed by atoms with Crippen LogP contribution in [0.3, 0.4) is 0 Å². The van der Waals surface area contributed by atoms with Crippen molar-refractivity contribution in [3.05, 3.63) is 12.0 Å². The maximum Gasteiger partial charge on any atom is 0.233 e. The van der Waals surface area contributed by atoms with Gasteiger partial charge in [0.15, 0.2) is 17.6 Å². The zero-order valence-electron chi connectivity index (χ0n) is 9.65. The van der Waals surface area contributed by atoms with Crippen LogP contribution in [0.1, 0.15) is 20.8 Å². The molecule has 0 aromatic carbocycles. The number of aliphatic imine (C=N–C) groups is 1. The number of nitrogens with zero attached hydrogens (tertiary/aromatic N) is 1. The lowest BCUT2D eigenvalue weighted by molar-refractivity contribution is -0.127. The number of hydrogen-bond donors (Lipinski definition) is 0. The second-order valence-electron chi connectivity index (χ2n) is 3.20. The van der Waals surface area contributed by atoms with Crippen LogP contribution in [0.4, 0.5) is 0 Å². The predicted molar refractivity (Wildman–Crippen MR) is 58.2 cm³/mol. The molecule has 1 heterocycles. The Bertz CT molecular complexity index is 357. The topological polar surface area (TPSA) is 65.0 Å². The minimum absolute atomic E-state index is 0.135. The molecule has 0 bridgehead atoms. The molecule has 0 aliphatic carbocycles. The van der Waals surface area contributed by atoms with Crippen LogP contribution in [-0.2, 0) is 19.1 Å². The summed E-state index contributed by atoms with van der Waals surface area (Å²) in [5.41, 5.74) is 0.135. The van der Waals surface area contributed by atoms with Gasteiger partial charge in [-0.15, -0.1) is 0 Å². The van der Waals surface area contributed by atoms with Gasteiger partial charge in [0.1, 0.15) is 5.71 Å². The molecule has 1 atom stereocenters. The summed E-state index contributed by atoms with van der Waals surface area (Å²) in [5.74, 6) is -0.464. The minimum Gasteiger partial charge on any atom is -0.488 e. The summed E-state index contributed by atoms with van der Waals surface area (Å²) in [7, 11) is 0. The van der Waals surface area contributed by atoms with E-state index in [0.29, 0.717) is 13.2 Å². The number of carbonyl (C=O) groups excluding carboxylic acids is 2. The normalized spacial score (nSPS) is 20.2. The Balaban J connectivity index is 2.98. The molecule has 0 saturated heterocycles. The highest BCUT2D eigenvalue weighted by Gasteiger charge is 2.33. The second kappa shape index (κ2) is 5.55. The first-order valence-corrected chi connectivity index (χ1v) is 5.19. The molecular formula is C11H15NO4. The average Bonchev–Trinajstić information content (AvgIpc) is 2.24. The summed E-state index contributed by atoms with van der Waals surface area (Å²) in [5, 5.41) is 0.